The number of methoxy groups -OCH3 is 1. The monoisotopic (exact) mass is 605 g/mol. The van der Waals surface area contributed by atoms with Crippen molar-refractivity contribution in [3.05, 3.63) is 69.7 Å². The molecule has 4 unspecified atom stereocenters. The van der Waals surface area contributed by atoms with Crippen molar-refractivity contribution in [1.82, 2.24) is 9.80 Å². The number of phenols is 1. The Morgan fingerprint density at radius 2 is 1.77 bits per heavy atom. The van der Waals surface area contributed by atoms with Crippen LogP contribution in [0.15, 0.2) is 53.0 Å². The van der Waals surface area contributed by atoms with Crippen molar-refractivity contribution in [2.75, 3.05) is 28.3 Å². The number of aliphatic hydroxyl groups excluding tert-OH is 2. The van der Waals surface area contributed by atoms with E-state index in [9.17, 15) is 30.0 Å². The summed E-state index contributed by atoms with van der Waals surface area (Å²) in [4.78, 5) is 30.6. The van der Waals surface area contributed by atoms with Crippen molar-refractivity contribution in [3.8, 4) is 22.6 Å². The van der Waals surface area contributed by atoms with E-state index in [1.165, 1.54) is 13.0 Å². The van der Waals surface area contributed by atoms with E-state index in [1.54, 1.807) is 32.2 Å². The third-order valence-electron chi connectivity index (χ3n) is 9.90. The van der Waals surface area contributed by atoms with E-state index >= 15 is 0 Å². The maximum atomic E-state index is 14.2. The van der Waals surface area contributed by atoms with Gasteiger partial charge in [-0.1, -0.05) is 12.1 Å². The van der Waals surface area contributed by atoms with Crippen LogP contribution in [-0.2, 0) is 17.8 Å². The maximum Gasteiger partial charge on any atom is 0.251 e. The molecule has 0 aliphatic heterocycles. The first kappa shape index (κ1) is 31.6. The number of ketones is 1. The summed E-state index contributed by atoms with van der Waals surface area (Å²) in [6, 6.07) is 8.83. The molecule has 44 heavy (non-hydrogen) atoms. The van der Waals surface area contributed by atoms with Gasteiger partial charge in [0.05, 0.1) is 30.2 Å². The second-order valence-electron chi connectivity index (χ2n) is 13.1. The second kappa shape index (κ2) is 11.3. The molecule has 2 aromatic rings. The number of aliphatic hydroxyl groups is 3. The van der Waals surface area contributed by atoms with Crippen molar-refractivity contribution in [2.45, 2.75) is 57.8 Å². The molecule has 0 fully saturated rings. The van der Waals surface area contributed by atoms with Crippen LogP contribution in [0.4, 0.5) is 0 Å². The molecule has 0 saturated heterocycles. The largest absolute Gasteiger partial charge is 0.511 e. The Bertz CT molecular complexity index is 1590. The smallest absolute Gasteiger partial charge is 0.251 e. The number of primary amides is 1. The number of benzene rings is 2. The highest BCUT2D eigenvalue weighted by Gasteiger charge is 2.59. The number of Topliss-reactive ketones (excluding diaryl/α,β-unsaturated/α-hetero) is 1. The Morgan fingerprint density at radius 1 is 1.09 bits per heavy atom. The van der Waals surface area contributed by atoms with E-state index in [1.807, 2.05) is 18.2 Å². The molecule has 0 radical (unpaired) electrons. The van der Waals surface area contributed by atoms with Gasteiger partial charge in [-0.05, 0) is 101 Å². The number of phenolic OH excluding ortho intramolecular Hbond substituents is 1. The molecule has 10 heteroatoms. The Kier molecular flexibility index (Phi) is 8.07. The number of amides is 1. The highest BCUT2D eigenvalue weighted by Crippen LogP contribution is 2.55. The number of nitrogens with two attached hydrogens (primary N) is 1. The minimum Gasteiger partial charge on any atom is -0.511 e. The fourth-order valence-electron chi connectivity index (χ4n) is 7.68. The van der Waals surface area contributed by atoms with E-state index in [0.717, 1.165) is 16.7 Å². The van der Waals surface area contributed by atoms with Gasteiger partial charge in [0.2, 0.25) is 0 Å². The van der Waals surface area contributed by atoms with Gasteiger partial charge in [0.15, 0.2) is 5.78 Å². The molecule has 0 heterocycles. The molecular formula is C34H43N3O7. The quantitative estimate of drug-likeness (QED) is 0.317. The molecule has 1 amide bonds. The van der Waals surface area contributed by atoms with Gasteiger partial charge in [-0.15, -0.1) is 0 Å². The minimum absolute atomic E-state index is 0.0960. The first-order valence-corrected chi connectivity index (χ1v) is 14.9. The summed E-state index contributed by atoms with van der Waals surface area (Å²) in [5, 5.41) is 45.6. The van der Waals surface area contributed by atoms with Gasteiger partial charge in [0.1, 0.15) is 28.6 Å². The third kappa shape index (κ3) is 4.85. The van der Waals surface area contributed by atoms with Crippen LogP contribution in [0.3, 0.4) is 0 Å². The summed E-state index contributed by atoms with van der Waals surface area (Å²) >= 11 is 0. The van der Waals surface area contributed by atoms with Crippen LogP contribution >= 0.6 is 0 Å². The van der Waals surface area contributed by atoms with Gasteiger partial charge >= 0.3 is 0 Å². The van der Waals surface area contributed by atoms with Gasteiger partial charge in [-0.2, -0.15) is 0 Å². The molecule has 3 aliphatic carbocycles. The Balaban J connectivity index is 1.68. The zero-order valence-electron chi connectivity index (χ0n) is 26.4. The minimum atomic E-state index is -2.03. The molecule has 5 rings (SSSR count). The average molecular weight is 606 g/mol. The highest BCUT2D eigenvalue weighted by molar-refractivity contribution is 6.14. The molecule has 236 valence electrons. The molecule has 10 nitrogen and oxygen atoms in total. The fourth-order valence-corrected chi connectivity index (χ4v) is 7.68. The summed E-state index contributed by atoms with van der Waals surface area (Å²) in [6.07, 6.45) is 0.651. The predicted octanol–water partition coefficient (Wildman–Crippen LogP) is 3.70. The first-order chi connectivity index (χ1) is 20.6. The number of carbonyl (C=O) groups excluding carboxylic acids is 2. The Labute approximate surface area is 258 Å². The van der Waals surface area contributed by atoms with Crippen LogP contribution in [0.5, 0.6) is 11.5 Å². The number of aromatic hydroxyl groups is 1. The lowest BCUT2D eigenvalue weighted by Gasteiger charge is -2.52. The third-order valence-corrected chi connectivity index (χ3v) is 9.90. The van der Waals surface area contributed by atoms with Gasteiger partial charge in [0, 0.05) is 23.7 Å². The summed E-state index contributed by atoms with van der Waals surface area (Å²) in [5.74, 6) is -3.89. The number of allylic oxidation sites excluding steroid dienone is 1. The zero-order chi connectivity index (χ0) is 32.4. The topological polar surface area (TPSA) is 157 Å². The van der Waals surface area contributed by atoms with Crippen molar-refractivity contribution < 1.29 is 34.8 Å². The highest BCUT2D eigenvalue weighted by atomic mass is 16.5. The Hall–Kier alpha value is -3.86. The number of carbonyl (C=O) groups is 2. The Morgan fingerprint density at radius 3 is 2.36 bits per heavy atom. The normalized spacial score (nSPS) is 26.7. The lowest BCUT2D eigenvalue weighted by Crippen LogP contribution is -2.59. The van der Waals surface area contributed by atoms with E-state index in [-0.39, 0.29) is 34.0 Å². The average Bonchev–Trinajstić information content (AvgIpc) is 2.91. The van der Waals surface area contributed by atoms with Gasteiger partial charge in [0.25, 0.3) is 5.91 Å². The molecule has 0 bridgehead atoms. The van der Waals surface area contributed by atoms with E-state index < -0.39 is 41.1 Å². The lowest BCUT2D eigenvalue weighted by molar-refractivity contribution is -0.120. The van der Waals surface area contributed by atoms with Gasteiger partial charge in [-0.25, -0.2) is 0 Å². The number of rotatable bonds is 7. The van der Waals surface area contributed by atoms with Crippen LogP contribution < -0.4 is 10.5 Å². The van der Waals surface area contributed by atoms with Crippen LogP contribution in [0.1, 0.15) is 48.7 Å². The van der Waals surface area contributed by atoms with E-state index in [2.05, 4.69) is 25.8 Å². The van der Waals surface area contributed by atoms with Crippen LogP contribution in [0, 0.1) is 17.8 Å². The van der Waals surface area contributed by atoms with Crippen molar-refractivity contribution in [1.29, 1.82) is 0 Å². The number of hydrogen-bond donors (Lipinski definition) is 5. The molecule has 5 atom stereocenters. The number of fused-ring (bicyclic) bond motifs is 3. The number of likely N-dealkylation sites (N-methyl/N-ethyl adjacent to an activating group) is 1. The second-order valence-corrected chi connectivity index (χ2v) is 13.1. The first-order valence-electron chi connectivity index (χ1n) is 14.9. The molecule has 0 aromatic heterocycles. The van der Waals surface area contributed by atoms with E-state index in [0.29, 0.717) is 36.7 Å². The van der Waals surface area contributed by atoms with E-state index in [4.69, 9.17) is 10.5 Å². The lowest BCUT2D eigenvalue weighted by atomic mass is 9.56. The fraction of sp³-hybridized carbons (Fsp3) is 0.471. The number of nitrogens with zero attached hydrogens (tertiary/aromatic N) is 2. The summed E-state index contributed by atoms with van der Waals surface area (Å²) in [5.41, 5.74) is 6.63. The molecule has 3 aliphatic rings. The molecule has 6 N–H and O–H groups in total. The van der Waals surface area contributed by atoms with Crippen LogP contribution in [0.25, 0.3) is 11.1 Å². The van der Waals surface area contributed by atoms with Crippen molar-refractivity contribution >= 4 is 11.7 Å². The van der Waals surface area contributed by atoms with Crippen molar-refractivity contribution in [3.63, 3.8) is 0 Å². The maximum absolute atomic E-state index is 14.2. The summed E-state index contributed by atoms with van der Waals surface area (Å²) in [6.45, 7) is 6.28. The van der Waals surface area contributed by atoms with Gasteiger partial charge in [-0.3, -0.25) is 19.4 Å². The number of ether oxygens (including phenoxy) is 1. The standard InChI is InChI=1S/C34H43N3O7/c1-16(2)37(6)15-17-8-11-24(44-7)20(12-17)19-9-10-23(38)26-21(19)13-18-14-22-27(31(40)25(18)30(26)39)34(3,43)28(33(35)42)32(41)29(22)36(4)5/h8-12,16,18,22,27,29,38,40-41,43H,13-15H2,1-7H3,(H2,35,42)/t18?,22?,27?,29-,34?/m0/s1. The SMILES string of the molecule is COc1ccc(CN(C)C(C)C)cc1-c1ccc(O)c2c1CC1CC3C(C(O)=C1C2=O)C(C)(O)C(C(N)=O)=C(O)[C@H]3N(C)C. The predicted molar refractivity (Wildman–Crippen MR) is 166 cm³/mol. The molecule has 2 aromatic carbocycles. The van der Waals surface area contributed by atoms with Crippen LogP contribution in [-0.4, -0.2) is 87.9 Å². The van der Waals surface area contributed by atoms with Gasteiger partial charge < -0.3 is 30.9 Å². The molecule has 0 spiro atoms. The summed E-state index contributed by atoms with van der Waals surface area (Å²) < 4.78 is 5.74. The zero-order valence-corrected chi connectivity index (χ0v) is 26.4. The summed E-state index contributed by atoms with van der Waals surface area (Å²) in [7, 11) is 7.11. The molecular weight excluding hydrogens is 562 g/mol. The van der Waals surface area contributed by atoms with Crippen LogP contribution in [0.2, 0.25) is 0 Å². The molecule has 0 saturated carbocycles. The number of hydrogen-bond acceptors (Lipinski definition) is 9. The van der Waals surface area contributed by atoms with Crippen molar-refractivity contribution in [2.24, 2.45) is 23.5 Å².